The maximum atomic E-state index is 10.9. The van der Waals surface area contributed by atoms with Gasteiger partial charge in [-0.2, -0.15) is 4.98 Å². The highest BCUT2D eigenvalue weighted by Gasteiger charge is 2.19. The quantitative estimate of drug-likeness (QED) is 0.604. The minimum Gasteiger partial charge on any atom is -0.339 e. The van der Waals surface area contributed by atoms with Crippen LogP contribution in [0.5, 0.6) is 0 Å². The van der Waals surface area contributed by atoms with E-state index < -0.39 is 4.92 Å². The van der Waals surface area contributed by atoms with Gasteiger partial charge in [0.1, 0.15) is 11.3 Å². The second-order valence-electron chi connectivity index (χ2n) is 3.99. The molecule has 0 N–H and O–H groups in total. The molecule has 0 unspecified atom stereocenters. The number of carbonyl (C=O) groups excluding carboxylic acids is 1. The molecule has 0 aliphatic carbocycles. The lowest BCUT2D eigenvalue weighted by atomic mass is 10.1. The summed E-state index contributed by atoms with van der Waals surface area (Å²) in [5, 5.41) is 14.6. The fourth-order valence-electron chi connectivity index (χ4n) is 1.57. The Labute approximate surface area is 108 Å². The number of rotatable bonds is 5. The first-order valence-corrected chi connectivity index (χ1v) is 5.63. The topological polar surface area (TPSA) is 99.1 Å². The number of Topliss-reactive ketones (excluding diaryl/α,β-unsaturated/α-hetero) is 1. The van der Waals surface area contributed by atoms with Gasteiger partial charge in [-0.25, -0.2) is 0 Å². The van der Waals surface area contributed by atoms with Gasteiger partial charge >= 0.3 is 0 Å². The van der Waals surface area contributed by atoms with Gasteiger partial charge in [0.2, 0.25) is 11.7 Å². The maximum absolute atomic E-state index is 10.9. The second kappa shape index (κ2) is 5.38. The van der Waals surface area contributed by atoms with Crippen molar-refractivity contribution in [3.63, 3.8) is 0 Å². The molecule has 0 fully saturated rings. The summed E-state index contributed by atoms with van der Waals surface area (Å²) in [6.45, 7) is 1.47. The third-order valence-electron chi connectivity index (χ3n) is 2.50. The van der Waals surface area contributed by atoms with Crippen LogP contribution in [0.25, 0.3) is 11.4 Å². The Hall–Kier alpha value is -2.57. The molecular formula is C12H11N3O4. The van der Waals surface area contributed by atoms with E-state index in [-0.39, 0.29) is 17.3 Å². The van der Waals surface area contributed by atoms with Crippen LogP contribution >= 0.6 is 0 Å². The number of aryl methyl sites for hydroxylation is 1. The molecule has 0 saturated heterocycles. The Morgan fingerprint density at radius 1 is 1.42 bits per heavy atom. The van der Waals surface area contributed by atoms with Crippen LogP contribution < -0.4 is 0 Å². The van der Waals surface area contributed by atoms with Crippen molar-refractivity contribution in [3.8, 4) is 11.4 Å². The molecule has 0 bridgehead atoms. The smallest absolute Gasteiger partial charge is 0.280 e. The second-order valence-corrected chi connectivity index (χ2v) is 3.99. The van der Waals surface area contributed by atoms with Crippen LogP contribution in [-0.2, 0) is 11.2 Å². The van der Waals surface area contributed by atoms with E-state index in [4.69, 9.17) is 4.52 Å². The molecule has 1 aromatic heterocycles. The predicted octanol–water partition coefficient (Wildman–Crippen LogP) is 2.17. The lowest BCUT2D eigenvalue weighted by Gasteiger charge is -1.96. The number of aromatic nitrogens is 2. The molecule has 0 radical (unpaired) electrons. The summed E-state index contributed by atoms with van der Waals surface area (Å²) in [7, 11) is 0. The number of para-hydroxylation sites is 1. The van der Waals surface area contributed by atoms with Crippen LogP contribution in [0, 0.1) is 10.1 Å². The Morgan fingerprint density at radius 2 is 2.16 bits per heavy atom. The number of benzene rings is 1. The van der Waals surface area contributed by atoms with Crippen LogP contribution in [0.2, 0.25) is 0 Å². The van der Waals surface area contributed by atoms with Gasteiger partial charge < -0.3 is 9.32 Å². The van der Waals surface area contributed by atoms with E-state index in [9.17, 15) is 14.9 Å². The number of ketones is 1. The number of hydrogen-bond acceptors (Lipinski definition) is 6. The molecule has 2 aromatic rings. The van der Waals surface area contributed by atoms with Crippen molar-refractivity contribution in [1.82, 2.24) is 10.1 Å². The number of nitro groups is 1. The van der Waals surface area contributed by atoms with Crippen LogP contribution in [0.15, 0.2) is 28.8 Å². The van der Waals surface area contributed by atoms with Crippen molar-refractivity contribution >= 4 is 11.5 Å². The molecule has 7 heteroatoms. The van der Waals surface area contributed by atoms with E-state index in [0.717, 1.165) is 0 Å². The van der Waals surface area contributed by atoms with Gasteiger partial charge in [0.15, 0.2) is 0 Å². The van der Waals surface area contributed by atoms with Gasteiger partial charge in [-0.3, -0.25) is 10.1 Å². The third-order valence-corrected chi connectivity index (χ3v) is 2.50. The zero-order valence-corrected chi connectivity index (χ0v) is 10.2. The fraction of sp³-hybridized carbons (Fsp3) is 0.250. The predicted molar refractivity (Wildman–Crippen MR) is 65.4 cm³/mol. The zero-order chi connectivity index (χ0) is 13.8. The molecule has 0 aliphatic rings. The van der Waals surface area contributed by atoms with E-state index in [1.54, 1.807) is 18.2 Å². The first kappa shape index (κ1) is 12.9. The van der Waals surface area contributed by atoms with Crippen molar-refractivity contribution in [1.29, 1.82) is 0 Å². The number of carbonyl (C=O) groups is 1. The van der Waals surface area contributed by atoms with E-state index >= 15 is 0 Å². The Bertz CT molecular complexity index is 621. The lowest BCUT2D eigenvalue weighted by Crippen LogP contribution is -1.95. The molecule has 0 amide bonds. The molecule has 1 heterocycles. The highest BCUT2D eigenvalue weighted by atomic mass is 16.6. The number of nitrogens with zero attached hydrogens (tertiary/aromatic N) is 3. The van der Waals surface area contributed by atoms with Crippen LogP contribution in [0.4, 0.5) is 5.69 Å². The molecule has 19 heavy (non-hydrogen) atoms. The van der Waals surface area contributed by atoms with E-state index in [1.807, 2.05) is 0 Å². The minimum absolute atomic E-state index is 0.0189. The lowest BCUT2D eigenvalue weighted by molar-refractivity contribution is -0.384. The molecule has 0 saturated carbocycles. The third kappa shape index (κ3) is 3.01. The largest absolute Gasteiger partial charge is 0.339 e. The van der Waals surface area contributed by atoms with E-state index in [0.29, 0.717) is 24.3 Å². The molecule has 98 valence electrons. The molecule has 0 atom stereocenters. The number of nitro benzene ring substituents is 1. The summed E-state index contributed by atoms with van der Waals surface area (Å²) in [6.07, 6.45) is 0.640. The number of hydrogen-bond donors (Lipinski definition) is 0. The van der Waals surface area contributed by atoms with E-state index in [2.05, 4.69) is 10.1 Å². The normalized spacial score (nSPS) is 10.4. The minimum atomic E-state index is -0.499. The van der Waals surface area contributed by atoms with Crippen LogP contribution in [0.3, 0.4) is 0 Å². The highest BCUT2D eigenvalue weighted by molar-refractivity contribution is 5.75. The van der Waals surface area contributed by atoms with Gasteiger partial charge in [0.25, 0.3) is 5.69 Å². The summed E-state index contributed by atoms with van der Waals surface area (Å²) in [6, 6.07) is 6.16. The standard InChI is InChI=1S/C12H11N3O4/c1-8(16)6-7-11-13-12(14-19-11)9-4-2-3-5-10(9)15(17)18/h2-5H,6-7H2,1H3. The first-order chi connectivity index (χ1) is 9.08. The van der Waals surface area contributed by atoms with Crippen molar-refractivity contribution < 1.29 is 14.2 Å². The Morgan fingerprint density at radius 3 is 2.84 bits per heavy atom. The molecular weight excluding hydrogens is 250 g/mol. The van der Waals surface area contributed by atoms with Gasteiger partial charge in [0, 0.05) is 18.9 Å². The van der Waals surface area contributed by atoms with Crippen LogP contribution in [0.1, 0.15) is 19.2 Å². The van der Waals surface area contributed by atoms with Crippen LogP contribution in [-0.4, -0.2) is 20.8 Å². The summed E-state index contributed by atoms with van der Waals surface area (Å²) in [4.78, 5) is 25.3. The summed E-state index contributed by atoms with van der Waals surface area (Å²) in [5.74, 6) is 0.472. The fourth-order valence-corrected chi connectivity index (χ4v) is 1.57. The molecule has 0 aliphatic heterocycles. The summed E-state index contributed by atoms with van der Waals surface area (Å²) < 4.78 is 4.97. The highest BCUT2D eigenvalue weighted by Crippen LogP contribution is 2.27. The molecule has 7 nitrogen and oxygen atoms in total. The first-order valence-electron chi connectivity index (χ1n) is 5.63. The SMILES string of the molecule is CC(=O)CCc1nc(-c2ccccc2[N+](=O)[O-])no1. The monoisotopic (exact) mass is 261 g/mol. The van der Waals surface area contributed by atoms with Gasteiger partial charge in [-0.15, -0.1) is 0 Å². The maximum Gasteiger partial charge on any atom is 0.280 e. The van der Waals surface area contributed by atoms with Crippen molar-refractivity contribution in [2.24, 2.45) is 0 Å². The molecule has 0 spiro atoms. The molecule has 1 aromatic carbocycles. The van der Waals surface area contributed by atoms with E-state index in [1.165, 1.54) is 13.0 Å². The Kier molecular flexibility index (Phi) is 3.65. The van der Waals surface area contributed by atoms with Gasteiger partial charge in [-0.05, 0) is 13.0 Å². The zero-order valence-electron chi connectivity index (χ0n) is 10.2. The van der Waals surface area contributed by atoms with Gasteiger partial charge in [0.05, 0.1) is 4.92 Å². The van der Waals surface area contributed by atoms with Crippen molar-refractivity contribution in [2.75, 3.05) is 0 Å². The average molecular weight is 261 g/mol. The average Bonchev–Trinajstić information content (AvgIpc) is 2.85. The van der Waals surface area contributed by atoms with Crippen molar-refractivity contribution in [2.45, 2.75) is 19.8 Å². The van der Waals surface area contributed by atoms with Gasteiger partial charge in [-0.1, -0.05) is 17.3 Å². The Balaban J connectivity index is 2.28. The summed E-state index contributed by atoms with van der Waals surface area (Å²) in [5.41, 5.74) is 0.215. The molecule has 2 rings (SSSR count). The summed E-state index contributed by atoms with van der Waals surface area (Å²) >= 11 is 0. The van der Waals surface area contributed by atoms with Crippen molar-refractivity contribution in [3.05, 3.63) is 40.3 Å².